The zero-order valence-corrected chi connectivity index (χ0v) is 32.2. The predicted octanol–water partition coefficient (Wildman–Crippen LogP) is -5.26. The molecule has 0 bridgehead atoms. The van der Waals surface area contributed by atoms with Crippen molar-refractivity contribution in [3.63, 3.8) is 0 Å². The van der Waals surface area contributed by atoms with E-state index >= 15 is 0 Å². The van der Waals surface area contributed by atoms with Crippen LogP contribution in [-0.4, -0.2) is 210 Å². The van der Waals surface area contributed by atoms with E-state index in [-0.39, 0.29) is 6.61 Å². The lowest BCUT2D eigenvalue weighted by Gasteiger charge is -2.49. The highest BCUT2D eigenvalue weighted by atomic mass is 16.8. The molecule has 1 aromatic carbocycles. The Bertz CT molecular complexity index is 1430. The summed E-state index contributed by atoms with van der Waals surface area (Å²) in [5, 5.41) is 127. The number of benzene rings is 1. The maximum Gasteiger partial charge on any atom is 0.367 e. The molecule has 21 atom stereocenters. The van der Waals surface area contributed by atoms with E-state index in [4.69, 9.17) is 37.9 Å². The second-order valence-corrected chi connectivity index (χ2v) is 15.4. The highest BCUT2D eigenvalue weighted by molar-refractivity contribution is 5.78. The summed E-state index contributed by atoms with van der Waals surface area (Å²) < 4.78 is 46.5. The van der Waals surface area contributed by atoms with Gasteiger partial charge in [-0.1, -0.05) is 44.2 Å². The minimum Gasteiger partial charge on any atom is -0.457 e. The number of carbonyl (C=O) groups is 1. The summed E-state index contributed by atoms with van der Waals surface area (Å²) in [6.07, 6.45) is -28.2. The first-order valence-electron chi connectivity index (χ1n) is 19.2. The van der Waals surface area contributed by atoms with Crippen LogP contribution in [0.2, 0.25) is 0 Å². The molecule has 21 unspecified atom stereocenters. The third kappa shape index (κ3) is 10.00. The molecule has 4 aliphatic heterocycles. The van der Waals surface area contributed by atoms with Gasteiger partial charge in [0, 0.05) is 18.3 Å². The Balaban J connectivity index is 1.32. The van der Waals surface area contributed by atoms with Gasteiger partial charge in [0.1, 0.15) is 79.9 Å². The molecule has 332 valence electrons. The zero-order valence-electron chi connectivity index (χ0n) is 32.2. The Kier molecular flexibility index (Phi) is 16.4. The second-order valence-electron chi connectivity index (χ2n) is 15.4. The van der Waals surface area contributed by atoms with Gasteiger partial charge in [0.15, 0.2) is 12.6 Å². The molecule has 5 rings (SSSR count). The van der Waals surface area contributed by atoms with Crippen molar-refractivity contribution in [2.75, 3.05) is 26.4 Å². The van der Waals surface area contributed by atoms with Crippen LogP contribution in [0.15, 0.2) is 30.3 Å². The van der Waals surface area contributed by atoms with Crippen LogP contribution in [0.3, 0.4) is 0 Å². The minimum atomic E-state index is -2.52. The first-order valence-corrected chi connectivity index (χ1v) is 19.2. The number of hydrogen-bond donors (Lipinski definition) is 12. The molecule has 0 aromatic heterocycles. The van der Waals surface area contributed by atoms with Crippen molar-refractivity contribution >= 4 is 5.97 Å². The van der Waals surface area contributed by atoms with E-state index in [1.165, 1.54) is 20.8 Å². The highest BCUT2D eigenvalue weighted by Gasteiger charge is 2.57. The molecule has 0 spiro atoms. The molecule has 21 heteroatoms. The van der Waals surface area contributed by atoms with Gasteiger partial charge in [-0.25, -0.2) is 4.79 Å². The predicted molar refractivity (Wildman–Crippen MR) is 189 cm³/mol. The third-order valence-electron chi connectivity index (χ3n) is 11.4. The molecule has 0 aliphatic carbocycles. The van der Waals surface area contributed by atoms with Crippen LogP contribution < -0.4 is 0 Å². The van der Waals surface area contributed by atoms with E-state index in [0.29, 0.717) is 5.56 Å². The van der Waals surface area contributed by atoms with E-state index in [0.717, 1.165) is 0 Å². The molecule has 0 radical (unpaired) electrons. The monoisotopic (exact) mass is 838 g/mol. The Morgan fingerprint density at radius 1 is 0.741 bits per heavy atom. The number of hydrogen-bond acceptors (Lipinski definition) is 21. The van der Waals surface area contributed by atoms with Gasteiger partial charge in [-0.05, 0) is 12.5 Å². The maximum atomic E-state index is 13.8. The van der Waals surface area contributed by atoms with Crippen molar-refractivity contribution in [3.8, 4) is 0 Å². The summed E-state index contributed by atoms with van der Waals surface area (Å²) in [6, 6.07) is 8.49. The highest BCUT2D eigenvalue weighted by Crippen LogP contribution is 2.39. The Labute approximate surface area is 333 Å². The number of esters is 1. The van der Waals surface area contributed by atoms with Crippen LogP contribution in [0, 0.1) is 11.8 Å². The zero-order chi connectivity index (χ0) is 42.6. The van der Waals surface area contributed by atoms with Crippen LogP contribution >= 0.6 is 0 Å². The molecule has 21 nitrogen and oxygen atoms in total. The first-order chi connectivity index (χ1) is 27.5. The van der Waals surface area contributed by atoms with Gasteiger partial charge < -0.3 is 99.2 Å². The van der Waals surface area contributed by atoms with Crippen molar-refractivity contribution in [1.29, 1.82) is 0 Å². The van der Waals surface area contributed by atoms with Crippen LogP contribution in [0.25, 0.3) is 0 Å². The van der Waals surface area contributed by atoms with Crippen molar-refractivity contribution in [2.24, 2.45) is 11.8 Å². The Morgan fingerprint density at radius 3 is 2.00 bits per heavy atom. The topological polar surface area (TPSA) is 334 Å². The van der Waals surface area contributed by atoms with E-state index in [1.54, 1.807) is 30.3 Å². The number of carbonyl (C=O) groups excluding carboxylic acids is 1. The van der Waals surface area contributed by atoms with E-state index in [9.17, 15) is 66.1 Å². The lowest BCUT2D eigenvalue weighted by atomic mass is 9.84. The molecule has 4 saturated heterocycles. The summed E-state index contributed by atoms with van der Waals surface area (Å²) in [7, 11) is 0. The molecule has 1 aromatic rings. The van der Waals surface area contributed by atoms with Crippen molar-refractivity contribution in [1.82, 2.24) is 0 Å². The molecule has 0 amide bonds. The molecule has 58 heavy (non-hydrogen) atoms. The molecule has 4 aliphatic rings. The molecule has 4 fully saturated rings. The second kappa shape index (κ2) is 20.2. The SMILES string of the molecule is CC1OC(CO)C(O)C(O)C1OC1OC(CO)C(OC2OC(COC3(C(=O)OCc4ccccc4)CC(O)C(C)C(C(O)C(O)CO)O3)C(O)C(O)C2O)C(O)C1C. The Morgan fingerprint density at radius 2 is 1.36 bits per heavy atom. The van der Waals surface area contributed by atoms with Crippen molar-refractivity contribution in [3.05, 3.63) is 35.9 Å². The third-order valence-corrected chi connectivity index (χ3v) is 11.4. The molecule has 12 N–H and O–H groups in total. The van der Waals surface area contributed by atoms with Crippen LogP contribution in [0.5, 0.6) is 0 Å². The maximum absolute atomic E-state index is 13.8. The smallest absolute Gasteiger partial charge is 0.367 e. The summed E-state index contributed by atoms with van der Waals surface area (Å²) in [6.45, 7) is 1.15. The minimum absolute atomic E-state index is 0.280. The summed E-state index contributed by atoms with van der Waals surface area (Å²) in [4.78, 5) is 13.8. The average molecular weight is 839 g/mol. The van der Waals surface area contributed by atoms with Gasteiger partial charge in [-0.2, -0.15) is 0 Å². The normalized spacial score (nSPS) is 44.7. The standard InChI is InChI=1S/C37H58O21/c1-15-19(41)9-37(58-31(15)25(44)20(42)10-38,36(50)51-13-18-7-5-4-6-8-18)52-14-23-27(46)28(47)30(49)35(55-23)57-33-22(12-40)54-34(16(2)24(33)43)56-32-17(3)53-21(11-39)26(45)29(32)48/h4-8,15-17,19-35,38-49H,9-14H2,1-3H3. The lowest BCUT2D eigenvalue weighted by Crippen LogP contribution is -2.65. The van der Waals surface area contributed by atoms with Gasteiger partial charge in [0.25, 0.3) is 5.79 Å². The quantitative estimate of drug-likeness (QED) is 0.0734. The van der Waals surface area contributed by atoms with Crippen molar-refractivity contribution in [2.45, 2.75) is 150 Å². The number of rotatable bonds is 15. The first kappa shape index (κ1) is 47.0. The van der Waals surface area contributed by atoms with Gasteiger partial charge in [0.2, 0.25) is 0 Å². The number of aliphatic hydroxyl groups excluding tert-OH is 12. The van der Waals surface area contributed by atoms with Gasteiger partial charge in [0.05, 0.1) is 50.8 Å². The largest absolute Gasteiger partial charge is 0.457 e. The van der Waals surface area contributed by atoms with Crippen LogP contribution in [-0.2, 0) is 49.3 Å². The summed E-state index contributed by atoms with van der Waals surface area (Å²) in [5.41, 5.74) is 0.568. The van der Waals surface area contributed by atoms with Crippen molar-refractivity contribution < 1.29 is 104 Å². The molecule has 4 heterocycles. The summed E-state index contributed by atoms with van der Waals surface area (Å²) in [5.74, 6) is -5.58. The number of aliphatic hydroxyl groups is 12. The van der Waals surface area contributed by atoms with Crippen LogP contribution in [0.4, 0.5) is 0 Å². The molecule has 0 saturated carbocycles. The van der Waals surface area contributed by atoms with Crippen LogP contribution in [0.1, 0.15) is 32.8 Å². The summed E-state index contributed by atoms with van der Waals surface area (Å²) >= 11 is 0. The van der Waals surface area contributed by atoms with E-state index in [2.05, 4.69) is 0 Å². The number of ether oxygens (including phenoxy) is 8. The fraction of sp³-hybridized carbons (Fsp3) is 0.811. The van der Waals surface area contributed by atoms with Gasteiger partial charge >= 0.3 is 5.97 Å². The van der Waals surface area contributed by atoms with Gasteiger partial charge in [-0.3, -0.25) is 0 Å². The van der Waals surface area contributed by atoms with E-state index in [1.807, 2.05) is 0 Å². The molecular formula is C37H58O21. The Hall–Kier alpha value is -2.07. The van der Waals surface area contributed by atoms with E-state index < -0.39 is 167 Å². The fourth-order valence-corrected chi connectivity index (χ4v) is 7.57. The fourth-order valence-electron chi connectivity index (χ4n) is 7.57. The lowest BCUT2D eigenvalue weighted by molar-refractivity contribution is -0.371. The average Bonchev–Trinajstić information content (AvgIpc) is 3.22. The molecular weight excluding hydrogens is 780 g/mol. The van der Waals surface area contributed by atoms with Gasteiger partial charge in [-0.15, -0.1) is 0 Å².